The number of aromatic nitrogens is 1. The Morgan fingerprint density at radius 3 is 2.52 bits per heavy atom. The first-order valence-electron chi connectivity index (χ1n) is 6.63. The zero-order valence-corrected chi connectivity index (χ0v) is 14.1. The summed E-state index contributed by atoms with van der Waals surface area (Å²) in [6, 6.07) is 8.59. The van der Waals surface area contributed by atoms with Crippen LogP contribution in [0.2, 0.25) is 0 Å². The van der Waals surface area contributed by atoms with E-state index in [9.17, 15) is 8.42 Å². The van der Waals surface area contributed by atoms with E-state index in [1.807, 2.05) is 11.5 Å². The Morgan fingerprint density at radius 1 is 1.29 bits per heavy atom. The molecule has 2 rings (SSSR count). The van der Waals surface area contributed by atoms with E-state index >= 15 is 0 Å². The van der Waals surface area contributed by atoms with Gasteiger partial charge >= 0.3 is 0 Å². The predicted octanol–water partition coefficient (Wildman–Crippen LogP) is 2.92. The minimum Gasteiger partial charge on any atom is -0.349 e. The SMILES string of the molecule is CCCn1cc(S(=O)(=O)Nc2ccc(Br)cc2)cc1CN. The molecule has 21 heavy (non-hydrogen) atoms. The summed E-state index contributed by atoms with van der Waals surface area (Å²) in [5.74, 6) is 0. The van der Waals surface area contributed by atoms with Crippen molar-refractivity contribution in [1.29, 1.82) is 0 Å². The molecule has 1 aromatic heterocycles. The molecule has 0 atom stereocenters. The van der Waals surface area contributed by atoms with Crippen LogP contribution in [0.25, 0.3) is 0 Å². The van der Waals surface area contributed by atoms with Crippen molar-refractivity contribution < 1.29 is 8.42 Å². The highest BCUT2D eigenvalue weighted by molar-refractivity contribution is 9.10. The lowest BCUT2D eigenvalue weighted by molar-refractivity contribution is 0.600. The highest BCUT2D eigenvalue weighted by atomic mass is 79.9. The number of benzene rings is 1. The molecule has 0 radical (unpaired) electrons. The molecule has 0 aliphatic heterocycles. The summed E-state index contributed by atoms with van der Waals surface area (Å²) in [5, 5.41) is 0. The highest BCUT2D eigenvalue weighted by Gasteiger charge is 2.18. The van der Waals surface area contributed by atoms with Gasteiger partial charge in [0.15, 0.2) is 0 Å². The molecule has 0 fully saturated rings. The van der Waals surface area contributed by atoms with Gasteiger partial charge in [0.1, 0.15) is 4.90 Å². The average molecular weight is 372 g/mol. The fourth-order valence-electron chi connectivity index (χ4n) is 2.03. The molecule has 2 aromatic rings. The Balaban J connectivity index is 2.28. The van der Waals surface area contributed by atoms with Gasteiger partial charge < -0.3 is 10.3 Å². The van der Waals surface area contributed by atoms with Crippen LogP contribution in [-0.2, 0) is 23.1 Å². The van der Waals surface area contributed by atoms with Crippen molar-refractivity contribution in [1.82, 2.24) is 4.57 Å². The third-order valence-corrected chi connectivity index (χ3v) is 4.92. The van der Waals surface area contributed by atoms with Gasteiger partial charge in [-0.05, 0) is 36.8 Å². The molecule has 114 valence electrons. The van der Waals surface area contributed by atoms with E-state index in [2.05, 4.69) is 20.7 Å². The van der Waals surface area contributed by atoms with Gasteiger partial charge in [0.05, 0.1) is 0 Å². The molecule has 5 nitrogen and oxygen atoms in total. The van der Waals surface area contributed by atoms with Gasteiger partial charge in [-0.15, -0.1) is 0 Å². The van der Waals surface area contributed by atoms with Crippen LogP contribution < -0.4 is 10.5 Å². The monoisotopic (exact) mass is 371 g/mol. The number of sulfonamides is 1. The minimum absolute atomic E-state index is 0.235. The van der Waals surface area contributed by atoms with Crippen LogP contribution >= 0.6 is 15.9 Å². The van der Waals surface area contributed by atoms with Crippen molar-refractivity contribution in [3.8, 4) is 0 Å². The fraction of sp³-hybridized carbons (Fsp3) is 0.286. The second kappa shape index (κ2) is 6.64. The van der Waals surface area contributed by atoms with E-state index in [0.29, 0.717) is 12.2 Å². The van der Waals surface area contributed by atoms with Crippen LogP contribution in [0.3, 0.4) is 0 Å². The second-order valence-corrected chi connectivity index (χ2v) is 7.28. The zero-order chi connectivity index (χ0) is 15.5. The van der Waals surface area contributed by atoms with Crippen LogP contribution in [0.5, 0.6) is 0 Å². The van der Waals surface area contributed by atoms with E-state index in [1.165, 1.54) is 0 Å². The van der Waals surface area contributed by atoms with Gasteiger partial charge in [0.25, 0.3) is 10.0 Å². The normalized spacial score (nSPS) is 11.6. The largest absolute Gasteiger partial charge is 0.349 e. The van der Waals surface area contributed by atoms with Gasteiger partial charge in [-0.1, -0.05) is 22.9 Å². The first-order chi connectivity index (χ1) is 9.96. The Morgan fingerprint density at radius 2 is 1.95 bits per heavy atom. The molecule has 0 saturated carbocycles. The summed E-state index contributed by atoms with van der Waals surface area (Å²) in [5.41, 5.74) is 7.00. The van der Waals surface area contributed by atoms with Crippen LogP contribution in [0.1, 0.15) is 19.0 Å². The zero-order valence-electron chi connectivity index (χ0n) is 11.7. The summed E-state index contributed by atoms with van der Waals surface area (Å²) in [4.78, 5) is 0.235. The van der Waals surface area contributed by atoms with E-state index in [1.54, 1.807) is 36.5 Å². The lowest BCUT2D eigenvalue weighted by Gasteiger charge is -2.06. The van der Waals surface area contributed by atoms with Crippen LogP contribution in [0.4, 0.5) is 5.69 Å². The first kappa shape index (κ1) is 16.1. The number of hydrogen-bond acceptors (Lipinski definition) is 3. The quantitative estimate of drug-likeness (QED) is 0.819. The van der Waals surface area contributed by atoms with Crippen LogP contribution in [0.15, 0.2) is 45.9 Å². The molecule has 1 aromatic carbocycles. The standard InChI is InChI=1S/C14H18BrN3O2S/c1-2-7-18-10-14(8-13(18)9-16)21(19,20)17-12-5-3-11(15)4-6-12/h3-6,8,10,17H,2,7,9,16H2,1H3. The van der Waals surface area contributed by atoms with Gasteiger partial charge in [0, 0.05) is 35.1 Å². The van der Waals surface area contributed by atoms with E-state index in [4.69, 9.17) is 5.73 Å². The number of hydrogen-bond donors (Lipinski definition) is 2. The Hall–Kier alpha value is -1.31. The Bertz CT molecular complexity index is 708. The van der Waals surface area contributed by atoms with Crippen LogP contribution in [-0.4, -0.2) is 13.0 Å². The molecule has 0 unspecified atom stereocenters. The topological polar surface area (TPSA) is 77.1 Å². The second-order valence-electron chi connectivity index (χ2n) is 4.68. The molecule has 0 bridgehead atoms. The molecule has 3 N–H and O–H groups in total. The number of nitrogens with zero attached hydrogens (tertiary/aromatic N) is 1. The lowest BCUT2D eigenvalue weighted by Crippen LogP contribution is -2.12. The molecule has 1 heterocycles. The van der Waals surface area contributed by atoms with Crippen molar-refractivity contribution in [2.24, 2.45) is 5.73 Å². The summed E-state index contributed by atoms with van der Waals surface area (Å²) in [6.07, 6.45) is 2.55. The summed E-state index contributed by atoms with van der Waals surface area (Å²) in [7, 11) is -3.60. The Labute approximate surface area is 133 Å². The van der Waals surface area contributed by atoms with Crippen molar-refractivity contribution in [3.63, 3.8) is 0 Å². The molecule has 7 heteroatoms. The molecule has 0 amide bonds. The third kappa shape index (κ3) is 3.87. The van der Waals surface area contributed by atoms with E-state index in [0.717, 1.165) is 23.1 Å². The molecular weight excluding hydrogens is 354 g/mol. The molecule has 0 aliphatic carbocycles. The summed E-state index contributed by atoms with van der Waals surface area (Å²) in [6.45, 7) is 3.10. The molecule has 0 aliphatic rings. The molecule has 0 saturated heterocycles. The highest BCUT2D eigenvalue weighted by Crippen LogP contribution is 2.20. The molecule has 0 spiro atoms. The fourth-order valence-corrected chi connectivity index (χ4v) is 3.41. The van der Waals surface area contributed by atoms with E-state index in [-0.39, 0.29) is 4.90 Å². The Kier molecular flexibility index (Phi) is 5.08. The van der Waals surface area contributed by atoms with Gasteiger partial charge in [-0.25, -0.2) is 8.42 Å². The maximum atomic E-state index is 12.4. The van der Waals surface area contributed by atoms with Crippen LogP contribution in [0, 0.1) is 0 Å². The number of halogens is 1. The van der Waals surface area contributed by atoms with E-state index < -0.39 is 10.0 Å². The number of rotatable bonds is 6. The van der Waals surface area contributed by atoms with Crippen molar-refractivity contribution >= 4 is 31.6 Å². The number of anilines is 1. The van der Waals surface area contributed by atoms with Crippen molar-refractivity contribution in [2.75, 3.05) is 4.72 Å². The third-order valence-electron chi connectivity index (χ3n) is 3.04. The number of nitrogens with two attached hydrogens (primary N) is 1. The maximum absolute atomic E-state index is 12.4. The predicted molar refractivity (Wildman–Crippen MR) is 87.6 cm³/mol. The number of aryl methyl sites for hydroxylation is 1. The summed E-state index contributed by atoms with van der Waals surface area (Å²) >= 11 is 3.32. The average Bonchev–Trinajstić information content (AvgIpc) is 2.86. The minimum atomic E-state index is -3.60. The molecular formula is C14H18BrN3O2S. The van der Waals surface area contributed by atoms with Crippen molar-refractivity contribution in [3.05, 3.63) is 46.7 Å². The lowest BCUT2D eigenvalue weighted by atomic mass is 10.3. The number of nitrogens with one attached hydrogen (secondary N) is 1. The van der Waals surface area contributed by atoms with Crippen molar-refractivity contribution in [2.45, 2.75) is 31.3 Å². The smallest absolute Gasteiger partial charge is 0.263 e. The van der Waals surface area contributed by atoms with Gasteiger partial charge in [-0.3, -0.25) is 4.72 Å². The first-order valence-corrected chi connectivity index (χ1v) is 8.91. The van der Waals surface area contributed by atoms with Gasteiger partial charge in [0.2, 0.25) is 0 Å². The maximum Gasteiger partial charge on any atom is 0.263 e. The summed E-state index contributed by atoms with van der Waals surface area (Å²) < 4.78 is 30.1. The van der Waals surface area contributed by atoms with Gasteiger partial charge in [-0.2, -0.15) is 0 Å².